The Bertz CT molecular complexity index is 624. The van der Waals surface area contributed by atoms with Gasteiger partial charge in [-0.3, -0.25) is 4.79 Å². The van der Waals surface area contributed by atoms with Gasteiger partial charge in [0, 0.05) is 0 Å². The van der Waals surface area contributed by atoms with E-state index in [1.807, 2.05) is 0 Å². The van der Waals surface area contributed by atoms with Crippen LogP contribution in [0.4, 0.5) is 4.79 Å². The third-order valence-electron chi connectivity index (χ3n) is 3.42. The lowest BCUT2D eigenvalue weighted by molar-refractivity contribution is -0.255. The van der Waals surface area contributed by atoms with Crippen LogP contribution in [0.25, 0.3) is 0 Å². The Morgan fingerprint density at radius 2 is 2.00 bits per heavy atom. The fourth-order valence-corrected chi connectivity index (χ4v) is 1.84. The number of hydrogen-bond acceptors (Lipinski definition) is 5. The van der Waals surface area contributed by atoms with Gasteiger partial charge in [0.15, 0.2) is 0 Å². The second-order valence-corrected chi connectivity index (χ2v) is 4.89. The van der Waals surface area contributed by atoms with Gasteiger partial charge in [-0.1, -0.05) is 31.2 Å². The molecule has 110 valence electrons. The number of hydrazone groups is 1. The molecule has 1 atom stereocenters. The number of carboxylic acids is 1. The van der Waals surface area contributed by atoms with Gasteiger partial charge < -0.3 is 15.2 Å². The molecule has 1 heterocycles. The third-order valence-corrected chi connectivity index (χ3v) is 3.42. The summed E-state index contributed by atoms with van der Waals surface area (Å²) in [5.41, 5.74) is -0.334. The smallest absolute Gasteiger partial charge is 0.346 e. The Hall–Kier alpha value is -2.70. The number of rotatable bonds is 4. The average Bonchev–Trinajstić information content (AvgIpc) is 2.68. The Balaban J connectivity index is 2.16. The first-order chi connectivity index (χ1) is 9.87. The molecule has 7 heteroatoms. The van der Waals surface area contributed by atoms with Gasteiger partial charge in [-0.05, 0) is 24.5 Å². The molecular formula is C14H14N3O4-. The Kier molecular flexibility index (Phi) is 3.75. The van der Waals surface area contributed by atoms with E-state index in [4.69, 9.17) is 0 Å². The summed E-state index contributed by atoms with van der Waals surface area (Å²) in [5, 5.41) is 17.8. The number of nitrogens with one attached hydrogen (secondary N) is 1. The first-order valence-corrected chi connectivity index (χ1v) is 6.39. The third kappa shape index (κ3) is 2.76. The van der Waals surface area contributed by atoms with Crippen molar-refractivity contribution < 1.29 is 19.5 Å². The highest BCUT2D eigenvalue weighted by Crippen LogP contribution is 2.20. The second-order valence-electron chi connectivity index (χ2n) is 4.89. The molecule has 0 saturated carbocycles. The number of amides is 3. The van der Waals surface area contributed by atoms with Gasteiger partial charge >= 0.3 is 6.03 Å². The molecule has 0 spiro atoms. The maximum Gasteiger partial charge on any atom is 0.346 e. The van der Waals surface area contributed by atoms with Crippen LogP contribution < -0.4 is 10.4 Å². The topological polar surface area (TPSA) is 102 Å². The predicted molar refractivity (Wildman–Crippen MR) is 72.4 cm³/mol. The number of carbonyl (C=O) groups excluding carboxylic acids is 3. The lowest BCUT2D eigenvalue weighted by atomic mass is 10.00. The van der Waals surface area contributed by atoms with E-state index >= 15 is 0 Å². The summed E-state index contributed by atoms with van der Waals surface area (Å²) in [6, 6.07) is 5.15. The van der Waals surface area contributed by atoms with Crippen LogP contribution in [0.2, 0.25) is 0 Å². The fraction of sp³-hybridized carbons (Fsp3) is 0.286. The summed E-state index contributed by atoms with van der Waals surface area (Å²) >= 11 is 0. The first kappa shape index (κ1) is 14.7. The molecule has 1 aromatic carbocycles. The molecule has 21 heavy (non-hydrogen) atoms. The van der Waals surface area contributed by atoms with Crippen molar-refractivity contribution in [2.45, 2.75) is 25.8 Å². The number of hydrogen-bond donors (Lipinski definition) is 1. The highest BCUT2D eigenvalue weighted by Gasteiger charge is 2.46. The van der Waals surface area contributed by atoms with Crippen molar-refractivity contribution in [2.24, 2.45) is 5.10 Å². The fourth-order valence-electron chi connectivity index (χ4n) is 1.84. The van der Waals surface area contributed by atoms with E-state index in [0.717, 1.165) is 5.01 Å². The first-order valence-electron chi connectivity index (χ1n) is 6.39. The number of carbonyl (C=O) groups is 3. The highest BCUT2D eigenvalue weighted by atomic mass is 16.4. The summed E-state index contributed by atoms with van der Waals surface area (Å²) in [6.07, 6.45) is 1.78. The summed E-state index contributed by atoms with van der Waals surface area (Å²) in [5.74, 6) is -1.69. The minimum absolute atomic E-state index is 0.0423. The molecule has 2 rings (SSSR count). The molecule has 0 radical (unpaired) electrons. The van der Waals surface area contributed by atoms with Gasteiger partial charge in [0.2, 0.25) is 0 Å². The lowest BCUT2D eigenvalue weighted by Crippen LogP contribution is -2.42. The molecule has 0 bridgehead atoms. The largest absolute Gasteiger partial charge is 0.545 e. The number of nitrogens with zero attached hydrogens (tertiary/aromatic N) is 2. The molecular weight excluding hydrogens is 274 g/mol. The summed E-state index contributed by atoms with van der Waals surface area (Å²) in [6.45, 7) is 3.43. The van der Waals surface area contributed by atoms with Gasteiger partial charge in [-0.2, -0.15) is 5.10 Å². The molecule has 0 aromatic heterocycles. The van der Waals surface area contributed by atoms with Crippen molar-refractivity contribution in [1.29, 1.82) is 0 Å². The number of aromatic carboxylic acids is 1. The van der Waals surface area contributed by atoms with Crippen molar-refractivity contribution in [2.75, 3.05) is 0 Å². The summed E-state index contributed by atoms with van der Waals surface area (Å²) < 4.78 is 0. The molecule has 0 aliphatic carbocycles. The predicted octanol–water partition coefficient (Wildman–Crippen LogP) is 0.104. The summed E-state index contributed by atoms with van der Waals surface area (Å²) in [7, 11) is 0. The van der Waals surface area contributed by atoms with Crippen molar-refractivity contribution in [3.8, 4) is 0 Å². The number of urea groups is 1. The molecule has 1 aliphatic rings. The van der Waals surface area contributed by atoms with Crippen molar-refractivity contribution in [1.82, 2.24) is 10.3 Å². The average molecular weight is 288 g/mol. The highest BCUT2D eigenvalue weighted by molar-refractivity contribution is 6.07. The molecule has 1 aliphatic heterocycles. The van der Waals surface area contributed by atoms with E-state index < -0.39 is 23.4 Å². The molecule has 1 fully saturated rings. The molecule has 7 nitrogen and oxygen atoms in total. The maximum absolute atomic E-state index is 12.1. The molecule has 1 N–H and O–H groups in total. The molecule has 3 amide bonds. The zero-order valence-corrected chi connectivity index (χ0v) is 11.6. The quantitative estimate of drug-likeness (QED) is 0.627. The normalized spacial score (nSPS) is 21.9. The Morgan fingerprint density at radius 3 is 2.48 bits per heavy atom. The maximum atomic E-state index is 12.1. The van der Waals surface area contributed by atoms with Crippen LogP contribution in [0, 0.1) is 0 Å². The zero-order valence-electron chi connectivity index (χ0n) is 11.6. The number of imide groups is 1. The Morgan fingerprint density at radius 1 is 1.38 bits per heavy atom. The van der Waals surface area contributed by atoms with Crippen molar-refractivity contribution in [3.05, 3.63) is 35.4 Å². The van der Waals surface area contributed by atoms with Gasteiger partial charge in [0.1, 0.15) is 5.54 Å². The van der Waals surface area contributed by atoms with E-state index in [2.05, 4.69) is 10.4 Å². The monoisotopic (exact) mass is 288 g/mol. The Labute approximate surface area is 121 Å². The molecule has 0 unspecified atom stereocenters. The van der Waals surface area contributed by atoms with Crippen LogP contribution in [-0.2, 0) is 4.79 Å². The van der Waals surface area contributed by atoms with Crippen LogP contribution in [0.3, 0.4) is 0 Å². The standard InChI is InChI=1S/C14H15N3O4/c1-3-14(2)12(20)17(13(21)16-14)15-8-9-4-6-10(7-5-9)11(18)19/h4-8H,3H2,1-2H3,(H,16,21)(H,18,19)/p-1/b15-8-/t14-/m1/s1. The van der Waals surface area contributed by atoms with Crippen LogP contribution in [0.15, 0.2) is 29.4 Å². The van der Waals surface area contributed by atoms with Crippen LogP contribution in [0.1, 0.15) is 36.2 Å². The second kappa shape index (κ2) is 5.35. The van der Waals surface area contributed by atoms with E-state index in [1.54, 1.807) is 13.8 Å². The SMILES string of the molecule is CC[C@@]1(C)NC(=O)N(/N=C\c2ccc(C(=O)[O-])cc2)C1=O. The molecule has 1 aromatic rings. The summed E-state index contributed by atoms with van der Waals surface area (Å²) in [4.78, 5) is 34.4. The lowest BCUT2D eigenvalue weighted by Gasteiger charge is -2.17. The van der Waals surface area contributed by atoms with Crippen LogP contribution >= 0.6 is 0 Å². The van der Waals surface area contributed by atoms with Crippen molar-refractivity contribution in [3.63, 3.8) is 0 Å². The molecule has 1 saturated heterocycles. The van der Waals surface area contributed by atoms with E-state index in [0.29, 0.717) is 12.0 Å². The van der Waals surface area contributed by atoms with E-state index in [9.17, 15) is 19.5 Å². The van der Waals surface area contributed by atoms with Gasteiger partial charge in [-0.15, -0.1) is 5.01 Å². The van der Waals surface area contributed by atoms with Gasteiger partial charge in [0.05, 0.1) is 12.2 Å². The van der Waals surface area contributed by atoms with E-state index in [-0.39, 0.29) is 5.56 Å². The van der Waals surface area contributed by atoms with E-state index in [1.165, 1.54) is 30.5 Å². The minimum atomic E-state index is -1.27. The number of benzene rings is 1. The van der Waals surface area contributed by atoms with Crippen molar-refractivity contribution >= 4 is 24.1 Å². The zero-order chi connectivity index (χ0) is 15.6. The van der Waals surface area contributed by atoms with Crippen LogP contribution in [-0.4, -0.2) is 34.7 Å². The van der Waals surface area contributed by atoms with Gasteiger partial charge in [-0.25, -0.2) is 4.79 Å². The van der Waals surface area contributed by atoms with Crippen LogP contribution in [0.5, 0.6) is 0 Å². The minimum Gasteiger partial charge on any atom is -0.545 e. The number of carboxylic acid groups (broad SMARTS) is 1. The van der Waals surface area contributed by atoms with Gasteiger partial charge in [0.25, 0.3) is 5.91 Å².